The summed E-state index contributed by atoms with van der Waals surface area (Å²) in [5.74, 6) is 1.31. The number of aromatic amines is 2. The third kappa shape index (κ3) is 11.1. The van der Waals surface area contributed by atoms with Gasteiger partial charge in [0.15, 0.2) is 6.29 Å². The van der Waals surface area contributed by atoms with E-state index >= 15 is 0 Å². The molecule has 4 rings (SSSR count). The number of carbonyl (C=O) groups excluding carboxylic acids is 1. The monoisotopic (exact) mass is 645 g/mol. The van der Waals surface area contributed by atoms with Crippen molar-refractivity contribution in [1.82, 2.24) is 19.9 Å². The zero-order valence-corrected chi connectivity index (χ0v) is 20.9. The Balaban J connectivity index is 0. The van der Waals surface area contributed by atoms with Gasteiger partial charge in [0.25, 0.3) is 0 Å². The molecule has 0 aliphatic rings. The van der Waals surface area contributed by atoms with Crippen molar-refractivity contribution in [1.29, 1.82) is 0 Å². The number of halogens is 3. The molecule has 0 unspecified atom stereocenters. The van der Waals surface area contributed by atoms with E-state index in [1.807, 2.05) is 29.2 Å². The molecule has 2 aromatic heterocycles. The quantitative estimate of drug-likeness (QED) is 0.0742. The second-order valence-electron chi connectivity index (χ2n) is 6.11. The van der Waals surface area contributed by atoms with Gasteiger partial charge in [-0.15, -0.1) is 0 Å². The van der Waals surface area contributed by atoms with Crippen LogP contribution in [0.25, 0.3) is 28.9 Å². The van der Waals surface area contributed by atoms with Crippen LogP contribution in [0.3, 0.4) is 0 Å². The number of imidazole rings is 2. The fourth-order valence-corrected chi connectivity index (χ4v) is 2.72. The molecule has 0 aliphatic heterocycles. The molecule has 0 amide bonds. The molecule has 0 atom stereocenters. The molecule has 2 aromatic carbocycles. The van der Waals surface area contributed by atoms with E-state index in [0.29, 0.717) is 33.1 Å². The van der Waals surface area contributed by atoms with Crippen molar-refractivity contribution in [2.75, 3.05) is 4.93 Å². The van der Waals surface area contributed by atoms with Gasteiger partial charge in [-0.25, -0.2) is 9.97 Å². The molecule has 194 valence electrons. The largest absolute Gasteiger partial charge is 0.338 e. The summed E-state index contributed by atoms with van der Waals surface area (Å²) in [5, 5.41) is 11.5. The van der Waals surface area contributed by atoms with E-state index in [9.17, 15) is 14.9 Å². The van der Waals surface area contributed by atoms with E-state index in [4.69, 9.17) is 23.2 Å². The molecule has 0 saturated carbocycles. The first-order chi connectivity index (χ1) is 15.9. The Kier molecular flexibility index (Phi) is 17.8. The fraction of sp³-hybridized carbons (Fsp3) is 0.160. The lowest BCUT2D eigenvalue weighted by Crippen LogP contribution is -1.83. The van der Waals surface area contributed by atoms with Gasteiger partial charge in [0.2, 0.25) is 6.20 Å². The average Bonchev–Trinajstić information content (AvgIpc) is 3.50. The maximum Gasteiger partial charge on any atom is 0.236 e. The SMILES string of the molecule is C.C.C.CI.O=Cc1cnc(-c2ccc(Cl)cc2)[nH]1.O=[N+]([O-])/C=C/c1cnc(-c2ccc(Cl)cc2)[nH]1. The molecule has 8 nitrogen and oxygen atoms in total. The molecular formula is C25H30Cl2IN5O3. The second-order valence-corrected chi connectivity index (χ2v) is 6.98. The zero-order chi connectivity index (χ0) is 24.2. The summed E-state index contributed by atoms with van der Waals surface area (Å²) < 4.78 is 0. The predicted octanol–water partition coefficient (Wildman–Crippen LogP) is 8.48. The normalized spacial score (nSPS) is 9.22. The van der Waals surface area contributed by atoms with Gasteiger partial charge in [0.05, 0.1) is 28.7 Å². The van der Waals surface area contributed by atoms with E-state index in [1.54, 1.807) is 24.3 Å². The number of nitrogens with zero attached hydrogens (tertiary/aromatic N) is 3. The van der Waals surface area contributed by atoms with Gasteiger partial charge in [-0.05, 0) is 53.5 Å². The van der Waals surface area contributed by atoms with E-state index in [0.717, 1.165) is 23.6 Å². The highest BCUT2D eigenvalue weighted by Gasteiger charge is 2.03. The van der Waals surface area contributed by atoms with Crippen molar-refractivity contribution in [2.45, 2.75) is 22.3 Å². The maximum absolute atomic E-state index is 10.4. The van der Waals surface area contributed by atoms with Crippen molar-refractivity contribution >= 4 is 58.2 Å². The summed E-state index contributed by atoms with van der Waals surface area (Å²) in [6, 6.07) is 14.4. The lowest BCUT2D eigenvalue weighted by atomic mass is 10.2. The molecule has 0 spiro atoms. The van der Waals surface area contributed by atoms with E-state index in [-0.39, 0.29) is 22.3 Å². The first-order valence-electron chi connectivity index (χ1n) is 9.21. The van der Waals surface area contributed by atoms with Crippen LogP contribution in [0.2, 0.25) is 10.0 Å². The number of benzene rings is 2. The first-order valence-corrected chi connectivity index (χ1v) is 12.1. The van der Waals surface area contributed by atoms with Crippen LogP contribution < -0.4 is 0 Å². The Morgan fingerprint density at radius 3 is 1.56 bits per heavy atom. The van der Waals surface area contributed by atoms with Crippen LogP contribution in [0.15, 0.2) is 67.1 Å². The molecule has 0 saturated heterocycles. The van der Waals surface area contributed by atoms with Gasteiger partial charge in [0.1, 0.15) is 11.6 Å². The van der Waals surface area contributed by atoms with Crippen LogP contribution in [-0.4, -0.2) is 36.1 Å². The second kappa shape index (κ2) is 18.3. The third-order valence-electron chi connectivity index (χ3n) is 3.93. The number of nitro groups is 1. The van der Waals surface area contributed by atoms with Crippen molar-refractivity contribution in [3.63, 3.8) is 0 Å². The highest BCUT2D eigenvalue weighted by atomic mass is 127. The van der Waals surface area contributed by atoms with Crippen molar-refractivity contribution in [3.8, 4) is 22.8 Å². The highest BCUT2D eigenvalue weighted by molar-refractivity contribution is 14.1. The predicted molar refractivity (Wildman–Crippen MR) is 160 cm³/mol. The van der Waals surface area contributed by atoms with Crippen molar-refractivity contribution < 1.29 is 9.72 Å². The smallest absolute Gasteiger partial charge is 0.236 e. The molecule has 11 heteroatoms. The summed E-state index contributed by atoms with van der Waals surface area (Å²) in [6.45, 7) is 0. The van der Waals surface area contributed by atoms with Crippen LogP contribution in [0.5, 0.6) is 0 Å². The van der Waals surface area contributed by atoms with Gasteiger partial charge in [0, 0.05) is 27.2 Å². The minimum Gasteiger partial charge on any atom is -0.338 e. The molecule has 2 N–H and O–H groups in total. The number of hydrogen-bond donors (Lipinski definition) is 2. The average molecular weight is 646 g/mol. The summed E-state index contributed by atoms with van der Waals surface area (Å²) in [6.07, 6.45) is 5.97. The number of H-pyrrole nitrogens is 2. The number of hydrogen-bond acceptors (Lipinski definition) is 5. The van der Waals surface area contributed by atoms with Crippen molar-refractivity contribution in [2.24, 2.45) is 0 Å². The standard InChI is InChI=1S/C11H8ClN3O2.C10H7ClN2O.CH3I.3CH4/c12-9-3-1-8(2-4-9)11-13-7-10(14-11)5-6-15(16)17;11-8-3-1-7(2-4-8)10-12-5-9(6-14)13-10;1-2;;;/h1-7H,(H,13,14);1-6H,(H,12,13);1H3;3*1H4/b6-5+;;;;;. The lowest BCUT2D eigenvalue weighted by molar-refractivity contribution is -0.401. The summed E-state index contributed by atoms with van der Waals surface area (Å²) in [7, 11) is 0. The maximum atomic E-state index is 10.4. The van der Waals surface area contributed by atoms with Crippen LogP contribution in [0, 0.1) is 10.1 Å². The van der Waals surface area contributed by atoms with Gasteiger partial charge >= 0.3 is 0 Å². The van der Waals surface area contributed by atoms with Crippen LogP contribution in [0.4, 0.5) is 0 Å². The summed E-state index contributed by atoms with van der Waals surface area (Å²) in [5.41, 5.74) is 2.82. The number of rotatable bonds is 5. The van der Waals surface area contributed by atoms with E-state index < -0.39 is 4.92 Å². The zero-order valence-electron chi connectivity index (χ0n) is 17.2. The summed E-state index contributed by atoms with van der Waals surface area (Å²) >= 11 is 13.7. The fourth-order valence-electron chi connectivity index (χ4n) is 2.47. The van der Waals surface area contributed by atoms with Crippen molar-refractivity contribution in [3.05, 3.63) is 98.7 Å². The minimum atomic E-state index is -0.525. The molecular weight excluding hydrogens is 616 g/mol. The number of aromatic nitrogens is 4. The van der Waals surface area contributed by atoms with Crippen LogP contribution in [0.1, 0.15) is 38.5 Å². The van der Waals surface area contributed by atoms with E-state index in [2.05, 4.69) is 42.5 Å². The Labute approximate surface area is 235 Å². The topological polar surface area (TPSA) is 118 Å². The van der Waals surface area contributed by atoms with Gasteiger partial charge in [-0.3, -0.25) is 14.9 Å². The number of carbonyl (C=O) groups is 1. The third-order valence-corrected chi connectivity index (χ3v) is 4.43. The highest BCUT2D eigenvalue weighted by Crippen LogP contribution is 2.19. The molecule has 0 bridgehead atoms. The van der Waals surface area contributed by atoms with E-state index in [1.165, 1.54) is 18.5 Å². The molecule has 0 radical (unpaired) electrons. The Morgan fingerprint density at radius 2 is 1.19 bits per heavy atom. The van der Waals surface area contributed by atoms with Crippen LogP contribution >= 0.6 is 45.8 Å². The summed E-state index contributed by atoms with van der Waals surface area (Å²) in [4.78, 5) is 36.0. The molecule has 0 fully saturated rings. The number of nitrogens with one attached hydrogen (secondary N) is 2. The molecule has 36 heavy (non-hydrogen) atoms. The van der Waals surface area contributed by atoms with Gasteiger partial charge < -0.3 is 9.97 Å². The molecule has 0 aliphatic carbocycles. The molecule has 4 aromatic rings. The Hall–Kier alpha value is -3.02. The lowest BCUT2D eigenvalue weighted by Gasteiger charge is -1.95. The Bertz CT molecular complexity index is 1210. The van der Waals surface area contributed by atoms with Gasteiger partial charge in [-0.1, -0.05) is 68.1 Å². The molecule has 2 heterocycles. The van der Waals surface area contributed by atoms with Gasteiger partial charge in [-0.2, -0.15) is 0 Å². The Morgan fingerprint density at radius 1 is 0.806 bits per heavy atom. The minimum absolute atomic E-state index is 0. The first kappa shape index (κ1) is 35.1. The van der Waals surface area contributed by atoms with Crippen LogP contribution in [-0.2, 0) is 0 Å². The number of alkyl halides is 1. The number of aldehydes is 1.